The van der Waals surface area contributed by atoms with Crippen LogP contribution < -0.4 is 4.57 Å². The Labute approximate surface area is 143 Å². The van der Waals surface area contributed by atoms with Gasteiger partial charge in [-0.05, 0) is 36.8 Å². The van der Waals surface area contributed by atoms with Crippen molar-refractivity contribution in [3.05, 3.63) is 66.4 Å². The van der Waals surface area contributed by atoms with Crippen LogP contribution in [0.5, 0.6) is 0 Å². The molecule has 24 heavy (non-hydrogen) atoms. The molecule has 2 nitrogen and oxygen atoms in total. The van der Waals surface area contributed by atoms with E-state index in [0.717, 1.165) is 11.2 Å². The Morgan fingerprint density at radius 2 is 1.71 bits per heavy atom. The molecule has 0 amide bonds. The van der Waals surface area contributed by atoms with Gasteiger partial charge >= 0.3 is 0 Å². The van der Waals surface area contributed by atoms with Crippen molar-refractivity contribution >= 4 is 42.7 Å². The maximum atomic E-state index is 6.17. The molecule has 0 atom stereocenters. The number of pyridine rings is 1. The van der Waals surface area contributed by atoms with Gasteiger partial charge in [-0.1, -0.05) is 18.2 Å². The normalized spacial score (nSPS) is 11.8. The van der Waals surface area contributed by atoms with Gasteiger partial charge in [-0.25, -0.2) is 4.57 Å². The first kappa shape index (κ1) is 13.8. The molecule has 0 fully saturated rings. The number of furan rings is 1. The van der Waals surface area contributed by atoms with Crippen LogP contribution in [0.3, 0.4) is 0 Å². The molecule has 5 rings (SSSR count). The Balaban J connectivity index is 1.96. The van der Waals surface area contributed by atoms with Crippen LogP contribution in [0.25, 0.3) is 42.6 Å². The maximum absolute atomic E-state index is 6.17. The molecular weight excluding hydrogens is 314 g/mol. The van der Waals surface area contributed by atoms with Crippen LogP contribution in [-0.4, -0.2) is 0 Å². The Hall–Kier alpha value is -2.65. The molecule has 3 heteroatoms. The van der Waals surface area contributed by atoms with Crippen molar-refractivity contribution < 1.29 is 8.98 Å². The number of fused-ring (bicyclic) bond motifs is 5. The van der Waals surface area contributed by atoms with E-state index in [0.29, 0.717) is 0 Å². The average Bonchev–Trinajstić information content (AvgIpc) is 3.12. The molecule has 0 radical (unpaired) electrons. The summed E-state index contributed by atoms with van der Waals surface area (Å²) in [6.45, 7) is 2.18. The highest BCUT2D eigenvalue weighted by molar-refractivity contribution is 7.27. The third kappa shape index (κ3) is 1.79. The van der Waals surface area contributed by atoms with Crippen molar-refractivity contribution in [3.8, 4) is 11.3 Å². The second-order valence-electron chi connectivity index (χ2n) is 6.19. The standard InChI is InChI=1S/C21H16NOS/c1-13-10-11-15-19-21(14-7-3-4-9-17(14)23-19)24-20(15)18(13)16-8-5-6-12-22(16)2/h3-12H,1-2H3/q+1. The minimum Gasteiger partial charge on any atom is -0.454 e. The van der Waals surface area contributed by atoms with Crippen molar-refractivity contribution in [2.24, 2.45) is 7.05 Å². The van der Waals surface area contributed by atoms with Crippen LogP contribution in [0.1, 0.15) is 5.56 Å². The molecule has 0 saturated carbocycles. The lowest BCUT2D eigenvalue weighted by molar-refractivity contribution is -0.660. The average molecular weight is 330 g/mol. The summed E-state index contributed by atoms with van der Waals surface area (Å²) in [6, 6.07) is 19.0. The van der Waals surface area contributed by atoms with Gasteiger partial charge < -0.3 is 4.42 Å². The summed E-state index contributed by atoms with van der Waals surface area (Å²) < 4.78 is 10.9. The smallest absolute Gasteiger partial charge is 0.213 e. The highest BCUT2D eigenvalue weighted by Crippen LogP contribution is 2.44. The summed E-state index contributed by atoms with van der Waals surface area (Å²) in [6.07, 6.45) is 2.10. The fraction of sp³-hybridized carbons (Fsp3) is 0.0952. The topological polar surface area (TPSA) is 17.0 Å². The zero-order valence-corrected chi connectivity index (χ0v) is 14.4. The lowest BCUT2D eigenvalue weighted by Gasteiger charge is -2.05. The fourth-order valence-corrected chi connectivity index (χ4v) is 4.84. The number of rotatable bonds is 1. The second kappa shape index (κ2) is 4.92. The first-order chi connectivity index (χ1) is 11.7. The molecule has 3 aromatic heterocycles. The lowest BCUT2D eigenvalue weighted by atomic mass is 10.0. The zero-order chi connectivity index (χ0) is 16.3. The molecule has 0 spiro atoms. The molecule has 0 bridgehead atoms. The Bertz CT molecular complexity index is 1230. The van der Waals surface area contributed by atoms with E-state index in [1.54, 1.807) is 0 Å². The summed E-state index contributed by atoms with van der Waals surface area (Å²) in [5.74, 6) is 0. The first-order valence-electron chi connectivity index (χ1n) is 8.02. The van der Waals surface area contributed by atoms with Crippen LogP contribution in [0.4, 0.5) is 0 Å². The molecule has 0 saturated heterocycles. The van der Waals surface area contributed by atoms with Crippen molar-refractivity contribution in [2.45, 2.75) is 6.92 Å². The summed E-state index contributed by atoms with van der Waals surface area (Å²) >= 11 is 1.84. The molecule has 0 aliphatic heterocycles. The van der Waals surface area contributed by atoms with E-state index in [1.807, 2.05) is 23.5 Å². The van der Waals surface area contributed by atoms with E-state index in [9.17, 15) is 0 Å². The molecule has 0 aliphatic carbocycles. The van der Waals surface area contributed by atoms with Crippen molar-refractivity contribution in [2.75, 3.05) is 0 Å². The van der Waals surface area contributed by atoms with E-state index in [-0.39, 0.29) is 0 Å². The van der Waals surface area contributed by atoms with E-state index >= 15 is 0 Å². The molecule has 5 aromatic rings. The van der Waals surface area contributed by atoms with Gasteiger partial charge in [0.05, 0.1) is 15.0 Å². The summed E-state index contributed by atoms with van der Waals surface area (Å²) in [4.78, 5) is 0. The van der Waals surface area contributed by atoms with Gasteiger partial charge in [0.2, 0.25) is 5.69 Å². The molecule has 3 heterocycles. The van der Waals surface area contributed by atoms with Gasteiger partial charge in [0.1, 0.15) is 12.6 Å². The van der Waals surface area contributed by atoms with Gasteiger partial charge in [0.25, 0.3) is 0 Å². The minimum absolute atomic E-state index is 0.966. The highest BCUT2D eigenvalue weighted by atomic mass is 32.1. The number of aromatic nitrogens is 1. The molecule has 0 unspecified atom stereocenters. The largest absolute Gasteiger partial charge is 0.454 e. The van der Waals surface area contributed by atoms with Crippen molar-refractivity contribution in [3.63, 3.8) is 0 Å². The van der Waals surface area contributed by atoms with E-state index in [2.05, 4.69) is 67.2 Å². The zero-order valence-electron chi connectivity index (χ0n) is 13.5. The van der Waals surface area contributed by atoms with Crippen LogP contribution >= 0.6 is 11.3 Å². The Morgan fingerprint density at radius 1 is 0.875 bits per heavy atom. The number of thiophene rings is 1. The first-order valence-corrected chi connectivity index (χ1v) is 8.84. The van der Waals surface area contributed by atoms with Gasteiger partial charge in [0.15, 0.2) is 11.8 Å². The Morgan fingerprint density at radius 3 is 2.58 bits per heavy atom. The maximum Gasteiger partial charge on any atom is 0.213 e. The number of aryl methyl sites for hydroxylation is 2. The SMILES string of the molecule is Cc1ccc2c(sc3c4ccccc4oc23)c1-c1cccc[n+]1C. The predicted octanol–water partition coefficient (Wildman–Crippen LogP) is 5.60. The van der Waals surface area contributed by atoms with Crippen LogP contribution in [0.15, 0.2) is 65.2 Å². The molecular formula is C21H16NOS+. The van der Waals surface area contributed by atoms with E-state index in [4.69, 9.17) is 4.42 Å². The third-order valence-corrected chi connectivity index (χ3v) is 5.91. The number of hydrogen-bond donors (Lipinski definition) is 0. The molecule has 116 valence electrons. The minimum atomic E-state index is 0.966. The fourth-order valence-electron chi connectivity index (χ4n) is 3.47. The molecule has 0 aliphatic rings. The second-order valence-corrected chi connectivity index (χ2v) is 7.21. The number of benzene rings is 2. The monoisotopic (exact) mass is 330 g/mol. The van der Waals surface area contributed by atoms with Crippen molar-refractivity contribution in [1.82, 2.24) is 0 Å². The predicted molar refractivity (Wildman–Crippen MR) is 100 cm³/mol. The summed E-state index contributed by atoms with van der Waals surface area (Å²) in [7, 11) is 2.10. The van der Waals surface area contributed by atoms with Gasteiger partial charge in [0, 0.05) is 22.9 Å². The van der Waals surface area contributed by atoms with Gasteiger partial charge in [-0.15, -0.1) is 11.3 Å². The van der Waals surface area contributed by atoms with Gasteiger partial charge in [-0.3, -0.25) is 0 Å². The van der Waals surface area contributed by atoms with Crippen molar-refractivity contribution in [1.29, 1.82) is 0 Å². The molecule has 2 aromatic carbocycles. The summed E-state index contributed by atoms with van der Waals surface area (Å²) in [5, 5.41) is 2.41. The molecule has 0 N–H and O–H groups in total. The van der Waals surface area contributed by atoms with Crippen LogP contribution in [0.2, 0.25) is 0 Å². The van der Waals surface area contributed by atoms with E-state index < -0.39 is 0 Å². The quantitative estimate of drug-likeness (QED) is 0.366. The Kier molecular flexibility index (Phi) is 2.82. The third-order valence-electron chi connectivity index (χ3n) is 4.68. The highest BCUT2D eigenvalue weighted by Gasteiger charge is 2.21. The van der Waals surface area contributed by atoms with Crippen LogP contribution in [0, 0.1) is 6.92 Å². The number of nitrogens with zero attached hydrogens (tertiary/aromatic N) is 1. The van der Waals surface area contributed by atoms with Gasteiger partial charge in [-0.2, -0.15) is 0 Å². The van der Waals surface area contributed by atoms with Crippen LogP contribution in [-0.2, 0) is 7.05 Å². The summed E-state index contributed by atoms with van der Waals surface area (Å²) in [5.41, 5.74) is 5.80. The number of hydrogen-bond acceptors (Lipinski definition) is 2. The lowest BCUT2D eigenvalue weighted by Crippen LogP contribution is -2.30. The van der Waals surface area contributed by atoms with E-state index in [1.165, 1.54) is 37.0 Å². The number of para-hydroxylation sites is 1.